The zero-order valence-electron chi connectivity index (χ0n) is 48.7. The van der Waals surface area contributed by atoms with Crippen LogP contribution in [0.5, 0.6) is 0 Å². The average Bonchev–Trinajstić information content (AvgIpc) is 3.39. The van der Waals surface area contributed by atoms with Crippen LogP contribution in [0.3, 0.4) is 0 Å². The number of ether oxygens (including phenoxy) is 3. The SMILES string of the molecule is CCCCC/C=C\C/C=C\C/C=C\C/C=C\C/C=C\CCC(=O)O[C@@H](COC(=O)CCCCCCCCCCCCCCCCC)COC(=O)CCCCCCCCCCCCCCCCCCCCCCC. The smallest absolute Gasteiger partial charge is 0.306 e. The summed E-state index contributed by atoms with van der Waals surface area (Å²) in [4.78, 5) is 38.2. The van der Waals surface area contributed by atoms with E-state index in [0.717, 1.165) is 64.2 Å². The van der Waals surface area contributed by atoms with Crippen LogP contribution in [0.1, 0.15) is 329 Å². The van der Waals surface area contributed by atoms with Crippen molar-refractivity contribution in [1.29, 1.82) is 0 Å². The number of rotatable bonds is 58. The molecular weight excluding hydrogens is 901 g/mol. The van der Waals surface area contributed by atoms with Crippen molar-refractivity contribution in [3.63, 3.8) is 0 Å². The van der Waals surface area contributed by atoms with Crippen LogP contribution in [-0.4, -0.2) is 37.2 Å². The predicted octanol–water partition coefficient (Wildman–Crippen LogP) is 21.6. The normalized spacial score (nSPS) is 12.4. The average molecular weight is 1020 g/mol. The molecule has 0 saturated carbocycles. The summed E-state index contributed by atoms with van der Waals surface area (Å²) in [5.74, 6) is -0.963. The number of unbranched alkanes of at least 4 members (excludes halogenated alkanes) is 37. The van der Waals surface area contributed by atoms with Crippen LogP contribution in [0.15, 0.2) is 60.8 Å². The fourth-order valence-electron chi connectivity index (χ4n) is 9.25. The largest absolute Gasteiger partial charge is 0.462 e. The molecule has 0 unspecified atom stereocenters. The maximum Gasteiger partial charge on any atom is 0.306 e. The summed E-state index contributed by atoms with van der Waals surface area (Å²) in [7, 11) is 0. The van der Waals surface area contributed by atoms with Crippen LogP contribution in [0.4, 0.5) is 0 Å². The van der Waals surface area contributed by atoms with Crippen LogP contribution < -0.4 is 0 Å². The lowest BCUT2D eigenvalue weighted by Gasteiger charge is -2.18. The van der Waals surface area contributed by atoms with Crippen LogP contribution in [-0.2, 0) is 28.6 Å². The third-order valence-corrected chi connectivity index (χ3v) is 14.0. The van der Waals surface area contributed by atoms with Gasteiger partial charge < -0.3 is 14.2 Å². The summed E-state index contributed by atoms with van der Waals surface area (Å²) >= 11 is 0. The molecule has 0 amide bonds. The lowest BCUT2D eigenvalue weighted by Crippen LogP contribution is -2.30. The van der Waals surface area contributed by atoms with E-state index in [9.17, 15) is 14.4 Å². The maximum absolute atomic E-state index is 12.9. The Morgan fingerprint density at radius 2 is 0.521 bits per heavy atom. The molecule has 0 aromatic rings. The molecule has 0 aliphatic carbocycles. The minimum Gasteiger partial charge on any atom is -0.462 e. The first-order valence-corrected chi connectivity index (χ1v) is 31.8. The van der Waals surface area contributed by atoms with Crippen molar-refractivity contribution in [3.05, 3.63) is 60.8 Å². The molecule has 6 heteroatoms. The van der Waals surface area contributed by atoms with Crippen molar-refractivity contribution in [3.8, 4) is 0 Å². The number of allylic oxidation sites excluding steroid dienone is 10. The van der Waals surface area contributed by atoms with Gasteiger partial charge >= 0.3 is 17.9 Å². The van der Waals surface area contributed by atoms with Crippen molar-refractivity contribution in [2.75, 3.05) is 13.2 Å². The van der Waals surface area contributed by atoms with Crippen LogP contribution in [0.25, 0.3) is 0 Å². The summed E-state index contributed by atoms with van der Waals surface area (Å²) in [5, 5.41) is 0. The van der Waals surface area contributed by atoms with Crippen molar-refractivity contribution < 1.29 is 28.6 Å². The van der Waals surface area contributed by atoms with E-state index in [-0.39, 0.29) is 37.5 Å². The molecule has 1 atom stereocenters. The summed E-state index contributed by atoms with van der Waals surface area (Å²) in [6, 6.07) is 0. The number of carbonyl (C=O) groups excluding carboxylic acids is 3. The Hall–Kier alpha value is -2.89. The molecule has 0 rings (SSSR count). The van der Waals surface area contributed by atoms with E-state index in [1.165, 1.54) is 218 Å². The van der Waals surface area contributed by atoms with E-state index in [2.05, 4.69) is 75.5 Å². The van der Waals surface area contributed by atoms with Crippen LogP contribution in [0, 0.1) is 0 Å². The molecule has 0 saturated heterocycles. The number of carbonyl (C=O) groups is 3. The monoisotopic (exact) mass is 1020 g/mol. The van der Waals surface area contributed by atoms with Gasteiger partial charge in [0.05, 0.1) is 0 Å². The van der Waals surface area contributed by atoms with Gasteiger partial charge in [-0.25, -0.2) is 0 Å². The van der Waals surface area contributed by atoms with Crippen molar-refractivity contribution in [2.45, 2.75) is 335 Å². The predicted molar refractivity (Wildman–Crippen MR) is 316 cm³/mol. The van der Waals surface area contributed by atoms with E-state index in [1.807, 2.05) is 6.08 Å². The van der Waals surface area contributed by atoms with Crippen LogP contribution >= 0.6 is 0 Å². The van der Waals surface area contributed by atoms with Gasteiger partial charge in [-0.15, -0.1) is 0 Å². The maximum atomic E-state index is 12.9. The molecule has 0 aliphatic heterocycles. The lowest BCUT2D eigenvalue weighted by atomic mass is 10.0. The topological polar surface area (TPSA) is 78.9 Å². The lowest BCUT2D eigenvalue weighted by molar-refractivity contribution is -0.166. The second kappa shape index (κ2) is 61.7. The fourth-order valence-corrected chi connectivity index (χ4v) is 9.25. The quantitative estimate of drug-likeness (QED) is 0.0261. The van der Waals surface area contributed by atoms with Gasteiger partial charge in [-0.1, -0.05) is 313 Å². The minimum atomic E-state index is -0.811. The van der Waals surface area contributed by atoms with Gasteiger partial charge in [0.25, 0.3) is 0 Å². The van der Waals surface area contributed by atoms with Gasteiger partial charge in [-0.3, -0.25) is 14.4 Å². The summed E-state index contributed by atoms with van der Waals surface area (Å²) in [6.07, 6.45) is 78.1. The second-order valence-corrected chi connectivity index (χ2v) is 21.3. The Bertz CT molecular complexity index is 1310. The first-order valence-electron chi connectivity index (χ1n) is 31.8. The van der Waals surface area contributed by atoms with Gasteiger partial charge in [0.2, 0.25) is 0 Å². The van der Waals surface area contributed by atoms with Crippen LogP contribution in [0.2, 0.25) is 0 Å². The zero-order valence-corrected chi connectivity index (χ0v) is 48.7. The minimum absolute atomic E-state index is 0.0992. The molecule has 0 heterocycles. The Morgan fingerprint density at radius 1 is 0.274 bits per heavy atom. The highest BCUT2D eigenvalue weighted by molar-refractivity contribution is 5.71. The summed E-state index contributed by atoms with van der Waals surface area (Å²) in [6.45, 7) is 6.60. The summed E-state index contributed by atoms with van der Waals surface area (Å²) < 4.78 is 16.9. The third-order valence-electron chi connectivity index (χ3n) is 14.0. The van der Waals surface area contributed by atoms with E-state index >= 15 is 0 Å². The Labute approximate surface area is 453 Å². The molecule has 73 heavy (non-hydrogen) atoms. The van der Waals surface area contributed by atoms with Gasteiger partial charge in [0, 0.05) is 19.3 Å². The van der Waals surface area contributed by atoms with Gasteiger partial charge in [0.15, 0.2) is 6.10 Å². The first kappa shape index (κ1) is 70.1. The standard InChI is InChI=1S/C67H120O6/c1-4-7-10-13-16-19-22-25-28-30-32-33-35-36-39-42-45-48-51-54-57-60-66(69)72-63-64(62-71-65(68)59-56-53-50-47-44-41-38-27-24-21-18-15-12-9-6-3)73-67(70)61-58-55-52-49-46-43-40-37-34-31-29-26-23-20-17-14-11-8-5-2/h17,20,26,29,34,37,43,46,52,55,64H,4-16,18-19,21-25,27-28,30-33,35-36,38-42,44-45,47-51,53-54,56-63H2,1-3H3/b20-17-,29-26-,37-34-,46-43-,55-52-/t64-/m0/s1. The number of esters is 3. The molecular formula is C67H120O6. The molecule has 0 radical (unpaired) electrons. The molecule has 0 aliphatic rings. The molecule has 0 fully saturated rings. The number of hydrogen-bond acceptors (Lipinski definition) is 6. The third kappa shape index (κ3) is 59.9. The Kier molecular flexibility index (Phi) is 59.2. The zero-order chi connectivity index (χ0) is 52.9. The van der Waals surface area contributed by atoms with Crippen molar-refractivity contribution in [1.82, 2.24) is 0 Å². The molecule has 0 spiro atoms. The summed E-state index contributed by atoms with van der Waals surface area (Å²) in [5.41, 5.74) is 0. The molecule has 0 bridgehead atoms. The highest BCUT2D eigenvalue weighted by Crippen LogP contribution is 2.17. The van der Waals surface area contributed by atoms with Gasteiger partial charge in [0.1, 0.15) is 13.2 Å². The highest BCUT2D eigenvalue weighted by Gasteiger charge is 2.19. The Balaban J connectivity index is 4.41. The molecule has 424 valence electrons. The molecule has 6 nitrogen and oxygen atoms in total. The number of hydrogen-bond donors (Lipinski definition) is 0. The fraction of sp³-hybridized carbons (Fsp3) is 0.806. The van der Waals surface area contributed by atoms with Crippen molar-refractivity contribution in [2.24, 2.45) is 0 Å². The Morgan fingerprint density at radius 3 is 0.822 bits per heavy atom. The molecule has 0 aromatic heterocycles. The highest BCUT2D eigenvalue weighted by atomic mass is 16.6. The van der Waals surface area contributed by atoms with Gasteiger partial charge in [-0.05, 0) is 57.8 Å². The van der Waals surface area contributed by atoms with E-state index in [4.69, 9.17) is 14.2 Å². The van der Waals surface area contributed by atoms with E-state index in [1.54, 1.807) is 0 Å². The van der Waals surface area contributed by atoms with E-state index < -0.39 is 6.10 Å². The first-order chi connectivity index (χ1) is 36.0. The van der Waals surface area contributed by atoms with Gasteiger partial charge in [-0.2, -0.15) is 0 Å². The molecule has 0 N–H and O–H groups in total. The molecule has 0 aromatic carbocycles. The van der Waals surface area contributed by atoms with E-state index in [0.29, 0.717) is 19.3 Å². The second-order valence-electron chi connectivity index (χ2n) is 21.3. The van der Waals surface area contributed by atoms with Crippen molar-refractivity contribution >= 4 is 17.9 Å².